The highest BCUT2D eigenvalue weighted by molar-refractivity contribution is 5.84. The Morgan fingerprint density at radius 2 is 2.06 bits per heavy atom. The Kier molecular flexibility index (Phi) is 7.34. The third-order valence-electron chi connectivity index (χ3n) is 3.31. The van der Waals surface area contributed by atoms with Gasteiger partial charge in [-0.15, -0.1) is 0 Å². The van der Waals surface area contributed by atoms with E-state index < -0.39 is 5.54 Å². The quantitative estimate of drug-likeness (QED) is 0.609. The van der Waals surface area contributed by atoms with E-state index >= 15 is 0 Å². The third-order valence-corrected chi connectivity index (χ3v) is 3.31. The number of ether oxygens (including phenoxy) is 1. The fraction of sp³-hybridized carbons (Fsp3) is 0.917. The lowest BCUT2D eigenvalue weighted by atomic mass is 9.96. The maximum atomic E-state index is 11.4. The maximum Gasteiger partial charge on any atom is 0.237 e. The lowest BCUT2D eigenvalue weighted by Gasteiger charge is -2.31. The minimum absolute atomic E-state index is 0.310. The molecule has 1 atom stereocenters. The van der Waals surface area contributed by atoms with Crippen LogP contribution in [0.1, 0.15) is 27.2 Å². The van der Waals surface area contributed by atoms with Crippen molar-refractivity contribution in [2.75, 3.05) is 33.9 Å². The first-order valence-corrected chi connectivity index (χ1v) is 6.09. The standard InChI is InChI=1S/C12H27N3O2/c1-10(2)15(8-9-17-5)7-6-12(3,14-4)11(13)16/h10,14H,6-9H2,1-5H3,(H2,13,16). The summed E-state index contributed by atoms with van der Waals surface area (Å²) in [6.07, 6.45) is 0.695. The van der Waals surface area contributed by atoms with Gasteiger partial charge in [-0.25, -0.2) is 0 Å². The van der Waals surface area contributed by atoms with Gasteiger partial charge in [0.1, 0.15) is 0 Å². The Bertz CT molecular complexity index is 234. The molecular formula is C12H27N3O2. The van der Waals surface area contributed by atoms with Gasteiger partial charge >= 0.3 is 0 Å². The van der Waals surface area contributed by atoms with Crippen molar-refractivity contribution >= 4 is 5.91 Å². The number of hydrogen-bond acceptors (Lipinski definition) is 4. The van der Waals surface area contributed by atoms with Gasteiger partial charge in [-0.05, 0) is 34.2 Å². The van der Waals surface area contributed by atoms with E-state index in [1.165, 1.54) is 0 Å². The van der Waals surface area contributed by atoms with Crippen LogP contribution in [0.15, 0.2) is 0 Å². The molecule has 0 aliphatic carbocycles. The smallest absolute Gasteiger partial charge is 0.237 e. The SMILES string of the molecule is CNC(C)(CCN(CCOC)C(C)C)C(N)=O. The van der Waals surface area contributed by atoms with E-state index in [0.29, 0.717) is 19.1 Å². The molecular weight excluding hydrogens is 218 g/mol. The number of hydrogen-bond donors (Lipinski definition) is 2. The molecule has 5 heteroatoms. The van der Waals surface area contributed by atoms with E-state index in [9.17, 15) is 4.79 Å². The minimum atomic E-state index is -0.639. The normalized spacial score (nSPS) is 15.2. The van der Waals surface area contributed by atoms with E-state index in [1.807, 2.05) is 6.92 Å². The summed E-state index contributed by atoms with van der Waals surface area (Å²) in [6, 6.07) is 0.430. The molecule has 0 saturated heterocycles. The molecule has 17 heavy (non-hydrogen) atoms. The van der Waals surface area contributed by atoms with Crippen molar-refractivity contribution in [1.29, 1.82) is 0 Å². The Balaban J connectivity index is 4.32. The number of nitrogens with zero attached hydrogens (tertiary/aromatic N) is 1. The zero-order chi connectivity index (χ0) is 13.5. The number of carbonyl (C=O) groups is 1. The molecule has 0 aromatic rings. The van der Waals surface area contributed by atoms with E-state index in [4.69, 9.17) is 10.5 Å². The van der Waals surface area contributed by atoms with Gasteiger partial charge in [-0.1, -0.05) is 0 Å². The molecule has 0 radical (unpaired) electrons. The largest absolute Gasteiger partial charge is 0.383 e. The Morgan fingerprint density at radius 3 is 2.41 bits per heavy atom. The monoisotopic (exact) mass is 245 g/mol. The predicted octanol–water partition coefficient (Wildman–Crippen LogP) is 0.197. The molecule has 102 valence electrons. The van der Waals surface area contributed by atoms with Crippen LogP contribution in [0.3, 0.4) is 0 Å². The van der Waals surface area contributed by atoms with Crippen LogP contribution >= 0.6 is 0 Å². The fourth-order valence-electron chi connectivity index (χ4n) is 1.58. The summed E-state index contributed by atoms with van der Waals surface area (Å²) in [6.45, 7) is 8.50. The van der Waals surface area contributed by atoms with Crippen LogP contribution in [0.5, 0.6) is 0 Å². The summed E-state index contributed by atoms with van der Waals surface area (Å²) < 4.78 is 5.08. The molecule has 0 saturated carbocycles. The van der Waals surface area contributed by atoms with Crippen molar-refractivity contribution in [2.45, 2.75) is 38.8 Å². The first kappa shape index (κ1) is 16.4. The van der Waals surface area contributed by atoms with Gasteiger partial charge in [-0.2, -0.15) is 0 Å². The molecule has 0 aliphatic rings. The summed E-state index contributed by atoms with van der Waals surface area (Å²) in [5.41, 5.74) is 4.76. The van der Waals surface area contributed by atoms with E-state index in [1.54, 1.807) is 14.2 Å². The van der Waals surface area contributed by atoms with Crippen molar-refractivity contribution in [3.05, 3.63) is 0 Å². The predicted molar refractivity (Wildman–Crippen MR) is 69.9 cm³/mol. The number of nitrogens with two attached hydrogens (primary N) is 1. The van der Waals surface area contributed by atoms with Crippen molar-refractivity contribution < 1.29 is 9.53 Å². The number of methoxy groups -OCH3 is 1. The van der Waals surface area contributed by atoms with Gasteiger partial charge in [0.25, 0.3) is 0 Å². The summed E-state index contributed by atoms with van der Waals surface area (Å²) in [5.74, 6) is -0.310. The zero-order valence-electron chi connectivity index (χ0n) is 11.7. The number of rotatable bonds is 9. The fourth-order valence-corrected chi connectivity index (χ4v) is 1.58. The topological polar surface area (TPSA) is 67.6 Å². The van der Waals surface area contributed by atoms with Crippen LogP contribution in [0.25, 0.3) is 0 Å². The molecule has 0 rings (SSSR count). The van der Waals surface area contributed by atoms with Crippen LogP contribution in [0.4, 0.5) is 0 Å². The van der Waals surface area contributed by atoms with Crippen molar-refractivity contribution in [3.63, 3.8) is 0 Å². The van der Waals surface area contributed by atoms with Crippen LogP contribution in [-0.2, 0) is 9.53 Å². The lowest BCUT2D eigenvalue weighted by molar-refractivity contribution is -0.124. The maximum absolute atomic E-state index is 11.4. The third kappa shape index (κ3) is 5.48. The highest BCUT2D eigenvalue weighted by atomic mass is 16.5. The molecule has 0 aromatic heterocycles. The average molecular weight is 245 g/mol. The molecule has 0 heterocycles. The van der Waals surface area contributed by atoms with E-state index in [-0.39, 0.29) is 5.91 Å². The van der Waals surface area contributed by atoms with Crippen molar-refractivity contribution in [2.24, 2.45) is 5.73 Å². The second-order valence-electron chi connectivity index (χ2n) is 4.82. The average Bonchev–Trinajstić information content (AvgIpc) is 2.27. The van der Waals surface area contributed by atoms with Crippen LogP contribution in [0, 0.1) is 0 Å². The number of nitrogens with one attached hydrogen (secondary N) is 1. The number of amides is 1. The van der Waals surface area contributed by atoms with Crippen LogP contribution in [0.2, 0.25) is 0 Å². The Labute approximate surface area is 105 Å². The molecule has 0 bridgehead atoms. The van der Waals surface area contributed by atoms with Gasteiger partial charge in [0.15, 0.2) is 0 Å². The molecule has 0 aromatic carbocycles. The summed E-state index contributed by atoms with van der Waals surface area (Å²) in [5, 5.41) is 3.00. The molecule has 0 fully saturated rings. The van der Waals surface area contributed by atoms with Gasteiger partial charge in [0.2, 0.25) is 5.91 Å². The highest BCUT2D eigenvalue weighted by Gasteiger charge is 2.29. The van der Waals surface area contributed by atoms with Crippen LogP contribution < -0.4 is 11.1 Å². The Hall–Kier alpha value is -0.650. The van der Waals surface area contributed by atoms with Gasteiger partial charge in [0.05, 0.1) is 12.1 Å². The zero-order valence-corrected chi connectivity index (χ0v) is 11.7. The van der Waals surface area contributed by atoms with Gasteiger partial charge in [-0.3, -0.25) is 9.69 Å². The van der Waals surface area contributed by atoms with Crippen LogP contribution in [-0.4, -0.2) is 56.2 Å². The minimum Gasteiger partial charge on any atom is -0.383 e. The highest BCUT2D eigenvalue weighted by Crippen LogP contribution is 2.11. The van der Waals surface area contributed by atoms with E-state index in [2.05, 4.69) is 24.1 Å². The molecule has 3 N–H and O–H groups in total. The summed E-state index contributed by atoms with van der Waals surface area (Å²) >= 11 is 0. The number of primary amides is 1. The second kappa shape index (κ2) is 7.63. The van der Waals surface area contributed by atoms with E-state index in [0.717, 1.165) is 13.1 Å². The first-order valence-electron chi connectivity index (χ1n) is 6.09. The summed E-state index contributed by atoms with van der Waals surface area (Å²) in [7, 11) is 3.46. The lowest BCUT2D eigenvalue weighted by Crippen LogP contribution is -2.53. The van der Waals surface area contributed by atoms with Gasteiger partial charge in [0, 0.05) is 26.2 Å². The Morgan fingerprint density at radius 1 is 1.47 bits per heavy atom. The molecule has 1 amide bonds. The molecule has 1 unspecified atom stereocenters. The number of carbonyl (C=O) groups excluding carboxylic acids is 1. The molecule has 0 spiro atoms. The van der Waals surface area contributed by atoms with Crippen molar-refractivity contribution in [1.82, 2.24) is 10.2 Å². The molecule has 0 aliphatic heterocycles. The summed E-state index contributed by atoms with van der Waals surface area (Å²) in [4.78, 5) is 13.6. The van der Waals surface area contributed by atoms with Crippen molar-refractivity contribution in [3.8, 4) is 0 Å². The molecule has 5 nitrogen and oxygen atoms in total. The second-order valence-corrected chi connectivity index (χ2v) is 4.82. The first-order chi connectivity index (χ1) is 7.87. The van der Waals surface area contributed by atoms with Gasteiger partial charge < -0.3 is 15.8 Å². The number of likely N-dealkylation sites (N-methyl/N-ethyl adjacent to an activating group) is 1.